The van der Waals surface area contributed by atoms with Gasteiger partial charge in [0.2, 0.25) is 5.91 Å². The Balaban J connectivity index is 1.64. The highest BCUT2D eigenvalue weighted by molar-refractivity contribution is 5.97. The van der Waals surface area contributed by atoms with Crippen LogP contribution in [0.4, 0.5) is 5.69 Å². The van der Waals surface area contributed by atoms with Crippen LogP contribution in [-0.2, 0) is 11.8 Å². The summed E-state index contributed by atoms with van der Waals surface area (Å²) in [5, 5.41) is 13.5. The van der Waals surface area contributed by atoms with Crippen LogP contribution in [0.15, 0.2) is 12.4 Å². The number of aliphatic hydroxyl groups is 1. The molecule has 0 bridgehead atoms. The standard InChI is InChI=1S/C15H24N4O2/c1-17(9-11-6-13(20)7-11)14-4-3-5-19(15(14)21)12-8-16-18(2)10-12/h8,10-11,13-14,20H,3-7,9H2,1-2H3. The maximum atomic E-state index is 12.7. The van der Waals surface area contributed by atoms with Crippen LogP contribution in [0.5, 0.6) is 0 Å². The minimum atomic E-state index is -0.127. The highest BCUT2D eigenvalue weighted by atomic mass is 16.3. The number of amides is 1. The number of aromatic nitrogens is 2. The monoisotopic (exact) mass is 292 g/mol. The summed E-state index contributed by atoms with van der Waals surface area (Å²) in [5.74, 6) is 0.711. The number of hydrogen-bond donors (Lipinski definition) is 1. The van der Waals surface area contributed by atoms with Crippen LogP contribution in [0, 0.1) is 5.92 Å². The zero-order valence-electron chi connectivity index (χ0n) is 12.8. The molecule has 0 radical (unpaired) electrons. The summed E-state index contributed by atoms with van der Waals surface area (Å²) in [4.78, 5) is 16.7. The lowest BCUT2D eigenvalue weighted by Crippen LogP contribution is -2.53. The number of likely N-dealkylation sites (N-methyl/N-ethyl adjacent to an activating group) is 1. The fraction of sp³-hybridized carbons (Fsp3) is 0.733. The lowest BCUT2D eigenvalue weighted by Gasteiger charge is -2.40. The lowest BCUT2D eigenvalue weighted by molar-refractivity contribution is -0.125. The second-order valence-corrected chi connectivity index (χ2v) is 6.45. The first kappa shape index (κ1) is 14.5. The number of aliphatic hydroxyl groups excluding tert-OH is 1. The first-order chi connectivity index (χ1) is 10.0. The Hall–Kier alpha value is -1.40. The predicted octanol–water partition coefficient (Wildman–Crippen LogP) is 0.618. The van der Waals surface area contributed by atoms with E-state index in [0.717, 1.165) is 44.5 Å². The first-order valence-corrected chi connectivity index (χ1v) is 7.73. The van der Waals surface area contributed by atoms with Gasteiger partial charge in [0.05, 0.1) is 24.0 Å². The Labute approximate surface area is 125 Å². The van der Waals surface area contributed by atoms with Crippen molar-refractivity contribution in [2.45, 2.75) is 37.8 Å². The number of carbonyl (C=O) groups is 1. The molecule has 2 heterocycles. The van der Waals surface area contributed by atoms with Crippen molar-refractivity contribution in [1.82, 2.24) is 14.7 Å². The number of carbonyl (C=O) groups excluding carboxylic acids is 1. The van der Waals surface area contributed by atoms with E-state index in [1.807, 2.05) is 25.2 Å². The van der Waals surface area contributed by atoms with Gasteiger partial charge < -0.3 is 10.0 Å². The zero-order valence-corrected chi connectivity index (χ0v) is 12.8. The van der Waals surface area contributed by atoms with Gasteiger partial charge in [0, 0.05) is 26.3 Å². The quantitative estimate of drug-likeness (QED) is 0.883. The molecule has 2 aliphatic rings. The van der Waals surface area contributed by atoms with Crippen molar-refractivity contribution in [3.63, 3.8) is 0 Å². The summed E-state index contributed by atoms with van der Waals surface area (Å²) in [5.41, 5.74) is 0.889. The number of nitrogens with zero attached hydrogens (tertiary/aromatic N) is 4. The third-order valence-electron chi connectivity index (χ3n) is 4.70. The molecule has 21 heavy (non-hydrogen) atoms. The molecule has 1 aromatic rings. The zero-order chi connectivity index (χ0) is 15.0. The molecule has 1 atom stereocenters. The second kappa shape index (κ2) is 5.77. The number of piperidine rings is 1. The van der Waals surface area contributed by atoms with Crippen molar-refractivity contribution in [3.8, 4) is 0 Å². The van der Waals surface area contributed by atoms with Gasteiger partial charge in [-0.2, -0.15) is 5.10 Å². The van der Waals surface area contributed by atoms with E-state index in [1.165, 1.54) is 0 Å². The van der Waals surface area contributed by atoms with Crippen molar-refractivity contribution < 1.29 is 9.90 Å². The first-order valence-electron chi connectivity index (χ1n) is 7.73. The van der Waals surface area contributed by atoms with Crippen LogP contribution in [0.25, 0.3) is 0 Å². The van der Waals surface area contributed by atoms with E-state index in [4.69, 9.17) is 0 Å². The number of aryl methyl sites for hydroxylation is 1. The van der Waals surface area contributed by atoms with Crippen molar-refractivity contribution in [2.24, 2.45) is 13.0 Å². The molecular weight excluding hydrogens is 268 g/mol. The number of anilines is 1. The summed E-state index contributed by atoms with van der Waals surface area (Å²) in [6, 6.07) is -0.0447. The van der Waals surface area contributed by atoms with Crippen LogP contribution in [0.2, 0.25) is 0 Å². The third-order valence-corrected chi connectivity index (χ3v) is 4.70. The van der Waals surface area contributed by atoms with Gasteiger partial charge in [0.15, 0.2) is 0 Å². The summed E-state index contributed by atoms with van der Waals surface area (Å²) >= 11 is 0. The Morgan fingerprint density at radius 1 is 1.48 bits per heavy atom. The van der Waals surface area contributed by atoms with Gasteiger partial charge in [-0.05, 0) is 38.6 Å². The predicted molar refractivity (Wildman–Crippen MR) is 79.9 cm³/mol. The van der Waals surface area contributed by atoms with Gasteiger partial charge in [-0.1, -0.05) is 0 Å². The third kappa shape index (κ3) is 2.96. The molecule has 0 spiro atoms. The molecule has 3 rings (SSSR count). The molecule has 1 saturated heterocycles. The van der Waals surface area contributed by atoms with E-state index in [0.29, 0.717) is 5.92 Å². The number of rotatable bonds is 4. The Bertz CT molecular complexity index is 510. The SMILES string of the molecule is CN(CC1CC(O)C1)C1CCCN(c2cnn(C)c2)C1=O. The average Bonchev–Trinajstić information content (AvgIpc) is 2.83. The number of hydrogen-bond acceptors (Lipinski definition) is 4. The van der Waals surface area contributed by atoms with Crippen LogP contribution in [0.1, 0.15) is 25.7 Å². The summed E-state index contributed by atoms with van der Waals surface area (Å²) < 4.78 is 1.73. The van der Waals surface area contributed by atoms with Gasteiger partial charge in [-0.3, -0.25) is 14.4 Å². The smallest absolute Gasteiger partial charge is 0.244 e. The molecule has 1 aromatic heterocycles. The van der Waals surface area contributed by atoms with E-state index in [9.17, 15) is 9.90 Å². The summed E-state index contributed by atoms with van der Waals surface area (Å²) in [7, 11) is 3.89. The second-order valence-electron chi connectivity index (χ2n) is 6.45. The van der Waals surface area contributed by atoms with Gasteiger partial charge in [-0.25, -0.2) is 0 Å². The van der Waals surface area contributed by atoms with Crippen LogP contribution < -0.4 is 4.90 Å². The normalized spacial score (nSPS) is 29.8. The van der Waals surface area contributed by atoms with Crippen molar-refractivity contribution in [2.75, 3.05) is 25.0 Å². The van der Waals surface area contributed by atoms with Crippen LogP contribution in [-0.4, -0.2) is 58.0 Å². The van der Waals surface area contributed by atoms with Crippen molar-refractivity contribution >= 4 is 11.6 Å². The largest absolute Gasteiger partial charge is 0.393 e. The topological polar surface area (TPSA) is 61.6 Å². The summed E-state index contributed by atoms with van der Waals surface area (Å²) in [6.07, 6.45) is 7.20. The fourth-order valence-electron chi connectivity index (χ4n) is 3.45. The van der Waals surface area contributed by atoms with E-state index < -0.39 is 0 Å². The molecule has 116 valence electrons. The van der Waals surface area contributed by atoms with Gasteiger partial charge >= 0.3 is 0 Å². The fourth-order valence-corrected chi connectivity index (χ4v) is 3.45. The molecule has 6 heteroatoms. The Morgan fingerprint density at radius 2 is 2.24 bits per heavy atom. The van der Waals surface area contributed by atoms with Crippen molar-refractivity contribution in [1.29, 1.82) is 0 Å². The van der Waals surface area contributed by atoms with Gasteiger partial charge in [-0.15, -0.1) is 0 Å². The molecule has 6 nitrogen and oxygen atoms in total. The molecule has 1 aliphatic heterocycles. The van der Waals surface area contributed by atoms with Crippen LogP contribution >= 0.6 is 0 Å². The summed E-state index contributed by atoms with van der Waals surface area (Å²) in [6.45, 7) is 1.67. The molecule has 2 fully saturated rings. The average molecular weight is 292 g/mol. The molecule has 1 N–H and O–H groups in total. The van der Waals surface area contributed by atoms with Crippen LogP contribution in [0.3, 0.4) is 0 Å². The van der Waals surface area contributed by atoms with Gasteiger partial charge in [0.25, 0.3) is 0 Å². The molecule has 1 aliphatic carbocycles. The lowest BCUT2D eigenvalue weighted by atomic mass is 9.82. The highest BCUT2D eigenvalue weighted by Gasteiger charge is 2.35. The van der Waals surface area contributed by atoms with E-state index >= 15 is 0 Å². The van der Waals surface area contributed by atoms with E-state index in [2.05, 4.69) is 10.00 Å². The Kier molecular flexibility index (Phi) is 3.99. The maximum Gasteiger partial charge on any atom is 0.244 e. The molecular formula is C15H24N4O2. The molecule has 0 aromatic carbocycles. The minimum absolute atomic E-state index is 0.0447. The Morgan fingerprint density at radius 3 is 2.86 bits per heavy atom. The highest BCUT2D eigenvalue weighted by Crippen LogP contribution is 2.29. The molecule has 1 unspecified atom stereocenters. The molecule has 1 amide bonds. The maximum absolute atomic E-state index is 12.7. The molecule has 1 saturated carbocycles. The van der Waals surface area contributed by atoms with E-state index in [-0.39, 0.29) is 18.1 Å². The minimum Gasteiger partial charge on any atom is -0.393 e. The van der Waals surface area contributed by atoms with E-state index in [1.54, 1.807) is 10.9 Å². The van der Waals surface area contributed by atoms with Crippen molar-refractivity contribution in [3.05, 3.63) is 12.4 Å². The van der Waals surface area contributed by atoms with Gasteiger partial charge in [0.1, 0.15) is 0 Å².